The van der Waals surface area contributed by atoms with E-state index in [1.165, 1.54) is 0 Å². The van der Waals surface area contributed by atoms with E-state index in [0.717, 1.165) is 29.8 Å². The number of nitrogen functional groups attached to an aromatic ring is 1. The Hall–Kier alpha value is -1.69. The van der Waals surface area contributed by atoms with E-state index in [1.54, 1.807) is 0 Å². The number of benzene rings is 1. The summed E-state index contributed by atoms with van der Waals surface area (Å²) in [7, 11) is 0. The molecule has 0 atom stereocenters. The third-order valence-electron chi connectivity index (χ3n) is 3.27. The summed E-state index contributed by atoms with van der Waals surface area (Å²) in [5.74, 6) is 0.837. The van der Waals surface area contributed by atoms with Crippen molar-refractivity contribution in [1.82, 2.24) is 0 Å². The van der Waals surface area contributed by atoms with Crippen LogP contribution in [0.15, 0.2) is 18.2 Å². The second-order valence-electron chi connectivity index (χ2n) is 4.59. The first-order valence-corrected chi connectivity index (χ1v) is 5.52. The van der Waals surface area contributed by atoms with E-state index in [9.17, 15) is 0 Å². The molecular weight excluding hydrogens is 200 g/mol. The highest BCUT2D eigenvalue weighted by molar-refractivity contribution is 5.53. The van der Waals surface area contributed by atoms with Gasteiger partial charge in [-0.05, 0) is 31.9 Å². The molecule has 1 saturated carbocycles. The largest absolute Gasteiger partial charge is 0.493 e. The topological polar surface area (TPSA) is 59.0 Å². The van der Waals surface area contributed by atoms with Crippen LogP contribution in [0, 0.1) is 23.7 Å². The van der Waals surface area contributed by atoms with Crippen molar-refractivity contribution in [2.45, 2.75) is 26.2 Å². The van der Waals surface area contributed by atoms with Crippen LogP contribution in [0.5, 0.6) is 5.75 Å². The first kappa shape index (κ1) is 10.8. The van der Waals surface area contributed by atoms with Gasteiger partial charge in [0.2, 0.25) is 0 Å². The van der Waals surface area contributed by atoms with Gasteiger partial charge in [0.05, 0.1) is 12.7 Å². The zero-order chi connectivity index (χ0) is 11.6. The Morgan fingerprint density at radius 2 is 2.25 bits per heavy atom. The predicted molar refractivity (Wildman–Crippen MR) is 63.0 cm³/mol. The monoisotopic (exact) mass is 216 g/mol. The third-order valence-corrected chi connectivity index (χ3v) is 3.27. The van der Waals surface area contributed by atoms with Gasteiger partial charge in [-0.15, -0.1) is 0 Å². The molecule has 0 aromatic heterocycles. The standard InChI is InChI=1S/C13H16N2O/c1-10-11(15)3-2-4-12(10)16-9-13(5-6-13)7-8-14/h2-4H,5-7,9,15H2,1H3. The Bertz CT molecular complexity index is 430. The lowest BCUT2D eigenvalue weighted by Crippen LogP contribution is -2.13. The van der Waals surface area contributed by atoms with Gasteiger partial charge >= 0.3 is 0 Å². The average Bonchev–Trinajstić information content (AvgIpc) is 3.02. The number of nitriles is 1. The van der Waals surface area contributed by atoms with Crippen molar-refractivity contribution >= 4 is 5.69 Å². The molecule has 1 aromatic carbocycles. The Balaban J connectivity index is 2.00. The molecule has 2 rings (SSSR count). The van der Waals surface area contributed by atoms with Crippen LogP contribution in [0.25, 0.3) is 0 Å². The fourth-order valence-electron chi connectivity index (χ4n) is 1.74. The Kier molecular flexibility index (Phi) is 2.74. The lowest BCUT2D eigenvalue weighted by atomic mass is 10.1. The third kappa shape index (κ3) is 2.11. The Morgan fingerprint density at radius 1 is 1.50 bits per heavy atom. The number of rotatable bonds is 4. The molecule has 3 heteroatoms. The van der Waals surface area contributed by atoms with E-state index in [4.69, 9.17) is 15.7 Å². The van der Waals surface area contributed by atoms with Crippen molar-refractivity contribution in [1.29, 1.82) is 5.26 Å². The number of ether oxygens (including phenoxy) is 1. The van der Waals surface area contributed by atoms with Gasteiger partial charge in [0.15, 0.2) is 0 Å². The molecule has 0 heterocycles. The maximum absolute atomic E-state index is 8.71. The molecule has 1 aliphatic carbocycles. The first-order chi connectivity index (χ1) is 7.67. The molecule has 3 nitrogen and oxygen atoms in total. The zero-order valence-electron chi connectivity index (χ0n) is 9.49. The van der Waals surface area contributed by atoms with Crippen LogP contribution in [0.1, 0.15) is 24.8 Å². The molecule has 1 aliphatic rings. The van der Waals surface area contributed by atoms with Gasteiger partial charge in [-0.2, -0.15) is 5.26 Å². The van der Waals surface area contributed by atoms with Gasteiger partial charge in [0.25, 0.3) is 0 Å². The van der Waals surface area contributed by atoms with E-state index >= 15 is 0 Å². The molecule has 1 fully saturated rings. The summed E-state index contributed by atoms with van der Waals surface area (Å²) in [4.78, 5) is 0. The number of hydrogen-bond acceptors (Lipinski definition) is 3. The maximum atomic E-state index is 8.71. The molecule has 2 N–H and O–H groups in total. The minimum atomic E-state index is 0.117. The molecule has 0 amide bonds. The van der Waals surface area contributed by atoms with Crippen LogP contribution in [0.2, 0.25) is 0 Å². The van der Waals surface area contributed by atoms with Crippen LogP contribution >= 0.6 is 0 Å². The first-order valence-electron chi connectivity index (χ1n) is 5.52. The minimum absolute atomic E-state index is 0.117. The van der Waals surface area contributed by atoms with Gasteiger partial charge in [0.1, 0.15) is 5.75 Å². The van der Waals surface area contributed by atoms with E-state index in [0.29, 0.717) is 13.0 Å². The Labute approximate surface area is 95.8 Å². The fourth-order valence-corrected chi connectivity index (χ4v) is 1.74. The average molecular weight is 216 g/mol. The van der Waals surface area contributed by atoms with Crippen molar-refractivity contribution in [3.63, 3.8) is 0 Å². The SMILES string of the molecule is Cc1c(N)cccc1OCC1(CC#N)CC1. The summed E-state index contributed by atoms with van der Waals surface area (Å²) < 4.78 is 5.77. The number of hydrogen-bond donors (Lipinski definition) is 1. The normalized spacial score (nSPS) is 16.5. The fraction of sp³-hybridized carbons (Fsp3) is 0.462. The smallest absolute Gasteiger partial charge is 0.124 e. The second kappa shape index (κ2) is 4.05. The number of nitrogens with two attached hydrogens (primary N) is 1. The summed E-state index contributed by atoms with van der Waals surface area (Å²) in [5, 5.41) is 8.71. The van der Waals surface area contributed by atoms with Crippen molar-refractivity contribution in [3.8, 4) is 11.8 Å². The predicted octanol–water partition coefficient (Wildman–Crippen LogP) is 2.65. The highest BCUT2D eigenvalue weighted by atomic mass is 16.5. The quantitative estimate of drug-likeness (QED) is 0.787. The number of anilines is 1. The Morgan fingerprint density at radius 3 is 2.88 bits per heavy atom. The molecule has 0 bridgehead atoms. The van der Waals surface area contributed by atoms with Crippen LogP contribution < -0.4 is 10.5 Å². The molecule has 0 radical (unpaired) electrons. The van der Waals surface area contributed by atoms with E-state index < -0.39 is 0 Å². The van der Waals surface area contributed by atoms with Gasteiger partial charge in [-0.3, -0.25) is 0 Å². The molecule has 0 saturated heterocycles. The minimum Gasteiger partial charge on any atom is -0.493 e. The van der Waals surface area contributed by atoms with Crippen molar-refractivity contribution in [2.24, 2.45) is 5.41 Å². The lowest BCUT2D eigenvalue weighted by molar-refractivity contribution is 0.235. The van der Waals surface area contributed by atoms with Gasteiger partial charge in [0, 0.05) is 23.1 Å². The highest BCUT2D eigenvalue weighted by Gasteiger charge is 2.43. The maximum Gasteiger partial charge on any atom is 0.124 e. The highest BCUT2D eigenvalue weighted by Crippen LogP contribution is 2.48. The summed E-state index contributed by atoms with van der Waals surface area (Å²) in [5.41, 5.74) is 7.65. The molecule has 0 spiro atoms. The van der Waals surface area contributed by atoms with Gasteiger partial charge in [-0.1, -0.05) is 6.07 Å². The summed E-state index contributed by atoms with van der Waals surface area (Å²) in [6.45, 7) is 2.58. The van der Waals surface area contributed by atoms with Gasteiger partial charge < -0.3 is 10.5 Å². The van der Waals surface area contributed by atoms with Crippen molar-refractivity contribution in [2.75, 3.05) is 12.3 Å². The van der Waals surface area contributed by atoms with Crippen LogP contribution in [0.3, 0.4) is 0 Å². The number of nitrogens with zero attached hydrogens (tertiary/aromatic N) is 1. The summed E-state index contributed by atoms with van der Waals surface area (Å²) in [6.07, 6.45) is 2.79. The van der Waals surface area contributed by atoms with Crippen LogP contribution in [0.4, 0.5) is 5.69 Å². The molecule has 0 aliphatic heterocycles. The zero-order valence-corrected chi connectivity index (χ0v) is 9.49. The molecule has 84 valence electrons. The summed E-state index contributed by atoms with van der Waals surface area (Å²) >= 11 is 0. The van der Waals surface area contributed by atoms with Crippen molar-refractivity contribution < 1.29 is 4.74 Å². The van der Waals surface area contributed by atoms with E-state index in [-0.39, 0.29) is 5.41 Å². The summed E-state index contributed by atoms with van der Waals surface area (Å²) in [6, 6.07) is 7.91. The molecule has 16 heavy (non-hydrogen) atoms. The van der Waals surface area contributed by atoms with Crippen LogP contribution in [-0.4, -0.2) is 6.61 Å². The molecule has 1 aromatic rings. The molecular formula is C13H16N2O. The van der Waals surface area contributed by atoms with Crippen molar-refractivity contribution in [3.05, 3.63) is 23.8 Å². The van der Waals surface area contributed by atoms with E-state index in [1.807, 2.05) is 25.1 Å². The lowest BCUT2D eigenvalue weighted by Gasteiger charge is -2.15. The van der Waals surface area contributed by atoms with E-state index in [2.05, 4.69) is 6.07 Å². The van der Waals surface area contributed by atoms with Crippen LogP contribution in [-0.2, 0) is 0 Å². The molecule has 0 unspecified atom stereocenters. The van der Waals surface area contributed by atoms with Gasteiger partial charge in [-0.25, -0.2) is 0 Å². The second-order valence-corrected chi connectivity index (χ2v) is 4.59.